The van der Waals surface area contributed by atoms with Gasteiger partial charge in [-0.15, -0.1) is 11.3 Å². The van der Waals surface area contributed by atoms with Crippen LogP contribution >= 0.6 is 22.9 Å². The molecule has 0 radical (unpaired) electrons. The summed E-state index contributed by atoms with van der Waals surface area (Å²) in [6.45, 7) is 0. The van der Waals surface area contributed by atoms with E-state index in [1.807, 2.05) is 36.4 Å². The minimum atomic E-state index is -1.06. The molecule has 2 heterocycles. The Balaban J connectivity index is 1.73. The first-order chi connectivity index (χ1) is 14.0. The Labute approximate surface area is 175 Å². The molecule has 0 unspecified atom stereocenters. The van der Waals surface area contributed by atoms with E-state index in [0.717, 1.165) is 10.6 Å². The van der Waals surface area contributed by atoms with Crippen molar-refractivity contribution in [1.29, 1.82) is 0 Å². The van der Waals surface area contributed by atoms with E-state index in [0.29, 0.717) is 21.3 Å². The molecule has 8 heteroatoms. The first-order valence-electron chi connectivity index (χ1n) is 8.57. The van der Waals surface area contributed by atoms with Crippen LogP contribution in [0.3, 0.4) is 0 Å². The summed E-state index contributed by atoms with van der Waals surface area (Å²) in [6.07, 6.45) is 1.65. The van der Waals surface area contributed by atoms with Gasteiger partial charge in [0.15, 0.2) is 0 Å². The van der Waals surface area contributed by atoms with Crippen molar-refractivity contribution in [2.45, 2.75) is 0 Å². The smallest absolute Gasteiger partial charge is 0.335 e. The van der Waals surface area contributed by atoms with Gasteiger partial charge in [-0.25, -0.2) is 9.48 Å². The van der Waals surface area contributed by atoms with E-state index < -0.39 is 11.9 Å². The normalized spacial score (nSPS) is 10.7. The number of carbonyl (C=O) groups excluding carboxylic acids is 1. The van der Waals surface area contributed by atoms with Gasteiger partial charge in [0, 0.05) is 11.9 Å². The molecule has 2 aromatic heterocycles. The van der Waals surface area contributed by atoms with Crippen molar-refractivity contribution in [2.75, 3.05) is 5.32 Å². The van der Waals surface area contributed by atoms with Gasteiger partial charge in [0.05, 0.1) is 26.0 Å². The minimum absolute atomic E-state index is 0.0908. The lowest BCUT2D eigenvalue weighted by Crippen LogP contribution is -2.12. The quantitative estimate of drug-likeness (QED) is 0.461. The summed E-state index contributed by atoms with van der Waals surface area (Å²) in [6, 6.07) is 19.1. The molecule has 0 saturated heterocycles. The Morgan fingerprint density at radius 2 is 1.83 bits per heavy atom. The third-order valence-corrected chi connectivity index (χ3v) is 5.39. The van der Waals surface area contributed by atoms with E-state index in [4.69, 9.17) is 16.7 Å². The van der Waals surface area contributed by atoms with Gasteiger partial charge in [0.1, 0.15) is 5.69 Å². The fraction of sp³-hybridized carbons (Fsp3) is 0. The van der Waals surface area contributed by atoms with Crippen LogP contribution in [0.2, 0.25) is 4.34 Å². The van der Waals surface area contributed by atoms with Gasteiger partial charge in [-0.05, 0) is 42.5 Å². The second-order valence-electron chi connectivity index (χ2n) is 6.12. The summed E-state index contributed by atoms with van der Waals surface area (Å²) in [5.41, 5.74) is 2.14. The molecule has 0 aliphatic rings. The van der Waals surface area contributed by atoms with Gasteiger partial charge in [-0.3, -0.25) is 4.79 Å². The maximum Gasteiger partial charge on any atom is 0.335 e. The molecule has 0 bridgehead atoms. The number of hydrogen-bond donors (Lipinski definition) is 2. The molecule has 0 aliphatic heterocycles. The standard InChI is InChI=1S/C21H14ClN3O3S/c22-18-10-9-17(29-18)19-16(12-25(24-19)15-7-2-1-3-8-15)20(26)23-14-6-4-5-13(11-14)21(27)28/h1-12H,(H,23,26)(H,27,28). The molecule has 0 spiro atoms. The van der Waals surface area contributed by atoms with Gasteiger partial charge >= 0.3 is 5.97 Å². The summed E-state index contributed by atoms with van der Waals surface area (Å²) < 4.78 is 2.22. The van der Waals surface area contributed by atoms with Gasteiger partial charge in [0.25, 0.3) is 5.91 Å². The van der Waals surface area contributed by atoms with Crippen LogP contribution in [0.1, 0.15) is 20.7 Å². The number of hydrogen-bond acceptors (Lipinski definition) is 4. The van der Waals surface area contributed by atoms with Crippen molar-refractivity contribution in [3.63, 3.8) is 0 Å². The molecule has 144 valence electrons. The molecule has 0 atom stereocenters. The number of carboxylic acids is 1. The third kappa shape index (κ3) is 4.06. The maximum absolute atomic E-state index is 13.0. The number of para-hydroxylation sites is 1. The molecule has 6 nitrogen and oxygen atoms in total. The highest BCUT2D eigenvalue weighted by molar-refractivity contribution is 7.19. The largest absolute Gasteiger partial charge is 0.478 e. The molecule has 0 saturated carbocycles. The zero-order chi connectivity index (χ0) is 20.4. The molecular formula is C21H14ClN3O3S. The number of benzene rings is 2. The molecule has 0 fully saturated rings. The monoisotopic (exact) mass is 423 g/mol. The molecule has 4 aromatic rings. The Morgan fingerprint density at radius 1 is 1.03 bits per heavy atom. The van der Waals surface area contributed by atoms with E-state index in [2.05, 4.69) is 10.4 Å². The fourth-order valence-corrected chi connectivity index (χ4v) is 3.85. The molecular weight excluding hydrogens is 410 g/mol. The number of anilines is 1. The number of thiophene rings is 1. The van der Waals surface area contributed by atoms with Crippen molar-refractivity contribution in [2.24, 2.45) is 0 Å². The van der Waals surface area contributed by atoms with Crippen LogP contribution in [0.15, 0.2) is 72.9 Å². The van der Waals surface area contributed by atoms with Gasteiger partial charge in [-0.1, -0.05) is 35.9 Å². The average molecular weight is 424 g/mol. The number of rotatable bonds is 5. The number of nitrogens with one attached hydrogen (secondary N) is 1. The fourth-order valence-electron chi connectivity index (χ4n) is 2.81. The average Bonchev–Trinajstić information content (AvgIpc) is 3.35. The lowest BCUT2D eigenvalue weighted by atomic mass is 10.1. The number of amides is 1. The Hall–Kier alpha value is -3.42. The van der Waals surface area contributed by atoms with Crippen molar-refractivity contribution in [3.8, 4) is 16.3 Å². The van der Waals surface area contributed by atoms with Crippen molar-refractivity contribution in [1.82, 2.24) is 9.78 Å². The Morgan fingerprint density at radius 3 is 2.52 bits per heavy atom. The number of aromatic nitrogens is 2. The molecule has 29 heavy (non-hydrogen) atoms. The minimum Gasteiger partial charge on any atom is -0.478 e. The zero-order valence-electron chi connectivity index (χ0n) is 14.9. The first kappa shape index (κ1) is 18.9. The van der Waals surface area contributed by atoms with E-state index in [9.17, 15) is 9.59 Å². The van der Waals surface area contributed by atoms with Crippen LogP contribution in [0.25, 0.3) is 16.3 Å². The predicted octanol–water partition coefficient (Wildman–Crippen LogP) is 5.20. The van der Waals surface area contributed by atoms with Gasteiger partial charge in [-0.2, -0.15) is 5.10 Å². The highest BCUT2D eigenvalue weighted by atomic mass is 35.5. The summed E-state index contributed by atoms with van der Waals surface area (Å²) in [4.78, 5) is 24.9. The number of carboxylic acid groups (broad SMARTS) is 1. The van der Waals surface area contributed by atoms with Gasteiger partial charge < -0.3 is 10.4 Å². The second-order valence-corrected chi connectivity index (χ2v) is 7.83. The summed E-state index contributed by atoms with van der Waals surface area (Å²) >= 11 is 7.40. The topological polar surface area (TPSA) is 84.2 Å². The molecule has 2 N–H and O–H groups in total. The van der Waals surface area contributed by atoms with E-state index >= 15 is 0 Å². The third-order valence-electron chi connectivity index (χ3n) is 4.15. The van der Waals surface area contributed by atoms with E-state index in [-0.39, 0.29) is 5.56 Å². The van der Waals surface area contributed by atoms with Crippen LogP contribution in [-0.4, -0.2) is 26.8 Å². The number of aromatic carboxylic acids is 1. The highest BCUT2D eigenvalue weighted by Gasteiger charge is 2.20. The van der Waals surface area contributed by atoms with Crippen LogP contribution in [-0.2, 0) is 0 Å². The number of halogens is 1. The Bertz CT molecular complexity index is 1200. The van der Waals surface area contributed by atoms with Crippen molar-refractivity contribution >= 4 is 40.5 Å². The van der Waals surface area contributed by atoms with Crippen LogP contribution in [0, 0.1) is 0 Å². The number of carbonyl (C=O) groups is 2. The van der Waals surface area contributed by atoms with Gasteiger partial charge in [0.2, 0.25) is 0 Å². The zero-order valence-corrected chi connectivity index (χ0v) is 16.4. The summed E-state index contributed by atoms with van der Waals surface area (Å²) in [5.74, 6) is -1.46. The summed E-state index contributed by atoms with van der Waals surface area (Å²) in [7, 11) is 0. The molecule has 4 rings (SSSR count). The van der Waals surface area contributed by atoms with Crippen molar-refractivity contribution in [3.05, 3.63) is 88.4 Å². The van der Waals surface area contributed by atoms with E-state index in [1.54, 1.807) is 29.1 Å². The highest BCUT2D eigenvalue weighted by Crippen LogP contribution is 2.33. The molecule has 2 aromatic carbocycles. The predicted molar refractivity (Wildman–Crippen MR) is 113 cm³/mol. The Kier molecular flexibility index (Phi) is 5.16. The molecule has 0 aliphatic carbocycles. The number of nitrogens with zero attached hydrogens (tertiary/aromatic N) is 2. The van der Waals surface area contributed by atoms with E-state index in [1.165, 1.54) is 23.5 Å². The van der Waals surface area contributed by atoms with Crippen LogP contribution < -0.4 is 5.32 Å². The van der Waals surface area contributed by atoms with Crippen molar-refractivity contribution < 1.29 is 14.7 Å². The first-order valence-corrected chi connectivity index (χ1v) is 9.76. The lowest BCUT2D eigenvalue weighted by molar-refractivity contribution is 0.0696. The maximum atomic E-state index is 13.0. The van der Waals surface area contributed by atoms with Crippen LogP contribution in [0.5, 0.6) is 0 Å². The second kappa shape index (κ2) is 7.90. The van der Waals surface area contributed by atoms with Crippen LogP contribution in [0.4, 0.5) is 5.69 Å². The lowest BCUT2D eigenvalue weighted by Gasteiger charge is -2.05. The SMILES string of the molecule is O=C(O)c1cccc(NC(=O)c2cn(-c3ccccc3)nc2-c2ccc(Cl)s2)c1. The molecule has 1 amide bonds. The summed E-state index contributed by atoms with van der Waals surface area (Å²) in [5, 5.41) is 16.5.